The number of nitrogens with zero attached hydrogens (tertiary/aromatic N) is 6. The van der Waals surface area contributed by atoms with E-state index >= 15 is 0 Å². The van der Waals surface area contributed by atoms with E-state index in [2.05, 4.69) is 44.5 Å². The maximum Gasteiger partial charge on any atom is 0.410 e. The maximum atomic E-state index is 12.9. The largest absolute Gasteiger partial charge is 0.444 e. The van der Waals surface area contributed by atoms with Crippen LogP contribution in [0.1, 0.15) is 64.5 Å². The Bertz CT molecular complexity index is 1290. The lowest BCUT2D eigenvalue weighted by Gasteiger charge is -2.33. The number of piperidine rings is 1. The number of nitrogens with one attached hydrogen (secondary N) is 2. The smallest absolute Gasteiger partial charge is 0.410 e. The molecule has 0 aromatic carbocycles. The molecule has 2 N–H and O–H groups in total. The molecule has 0 saturated carbocycles. The first-order chi connectivity index (χ1) is 18.0. The van der Waals surface area contributed by atoms with Gasteiger partial charge in [-0.25, -0.2) is 14.8 Å². The lowest BCUT2D eigenvalue weighted by atomic mass is 9.97. The van der Waals surface area contributed by atoms with Gasteiger partial charge in [0.05, 0.1) is 12.1 Å². The van der Waals surface area contributed by atoms with Gasteiger partial charge in [0.2, 0.25) is 11.9 Å². The summed E-state index contributed by atoms with van der Waals surface area (Å²) in [4.78, 5) is 40.5. The first-order valence-electron chi connectivity index (χ1n) is 12.8. The number of pyridine rings is 1. The van der Waals surface area contributed by atoms with Crippen molar-refractivity contribution in [2.75, 3.05) is 30.0 Å². The van der Waals surface area contributed by atoms with Gasteiger partial charge in [-0.1, -0.05) is 31.7 Å². The molecule has 12 heteroatoms. The van der Waals surface area contributed by atoms with E-state index in [4.69, 9.17) is 4.74 Å². The summed E-state index contributed by atoms with van der Waals surface area (Å²) in [5.41, 5.74) is 2.22. The number of carbonyl (C=O) groups excluding carboxylic acids is 2. The highest BCUT2D eigenvalue weighted by Gasteiger charge is 2.31. The molecule has 4 rings (SSSR count). The van der Waals surface area contributed by atoms with Gasteiger partial charge in [0.15, 0.2) is 10.8 Å². The number of amides is 2. The van der Waals surface area contributed by atoms with Gasteiger partial charge in [0.25, 0.3) is 0 Å². The summed E-state index contributed by atoms with van der Waals surface area (Å²) in [6.45, 7) is 11.1. The van der Waals surface area contributed by atoms with Crippen LogP contribution in [0.4, 0.5) is 16.6 Å². The molecule has 1 fully saturated rings. The lowest BCUT2D eigenvalue weighted by molar-refractivity contribution is -0.121. The van der Waals surface area contributed by atoms with Crippen molar-refractivity contribution in [2.24, 2.45) is 5.92 Å². The molecule has 1 saturated heterocycles. The zero-order valence-electron chi connectivity index (χ0n) is 22.8. The quantitative estimate of drug-likeness (QED) is 0.415. The van der Waals surface area contributed by atoms with Crippen molar-refractivity contribution in [3.63, 3.8) is 0 Å². The van der Waals surface area contributed by atoms with Crippen LogP contribution < -0.4 is 10.6 Å². The third kappa shape index (κ3) is 6.72. The molecule has 4 heterocycles. The zero-order valence-corrected chi connectivity index (χ0v) is 23.6. The molecule has 204 valence electrons. The molecular weight excluding hydrogens is 504 g/mol. The minimum absolute atomic E-state index is 0.149. The van der Waals surface area contributed by atoms with Crippen molar-refractivity contribution in [2.45, 2.75) is 70.7 Å². The Labute approximate surface area is 227 Å². The summed E-state index contributed by atoms with van der Waals surface area (Å²) >= 11 is 1.48. The van der Waals surface area contributed by atoms with Gasteiger partial charge in [-0.05, 0) is 57.4 Å². The molecule has 1 unspecified atom stereocenters. The number of rotatable bonds is 7. The van der Waals surface area contributed by atoms with E-state index in [1.54, 1.807) is 21.7 Å². The highest BCUT2D eigenvalue weighted by Crippen LogP contribution is 2.24. The van der Waals surface area contributed by atoms with Gasteiger partial charge in [-0.2, -0.15) is 14.6 Å². The van der Waals surface area contributed by atoms with Gasteiger partial charge >= 0.3 is 6.09 Å². The molecule has 0 bridgehead atoms. The Morgan fingerprint density at radius 2 is 2.00 bits per heavy atom. The highest BCUT2D eigenvalue weighted by atomic mass is 32.2. The molecule has 38 heavy (non-hydrogen) atoms. The molecule has 0 aliphatic carbocycles. The van der Waals surface area contributed by atoms with E-state index in [0.717, 1.165) is 23.2 Å². The Morgan fingerprint density at radius 1 is 1.21 bits per heavy atom. The van der Waals surface area contributed by atoms with E-state index < -0.39 is 5.60 Å². The first-order valence-corrected chi connectivity index (χ1v) is 14.0. The number of ether oxygens (including phenoxy) is 1. The molecule has 2 amide bonds. The lowest BCUT2D eigenvalue weighted by Crippen LogP contribution is -2.45. The summed E-state index contributed by atoms with van der Waals surface area (Å²) in [5.74, 6) is 0.913. The van der Waals surface area contributed by atoms with Crippen LogP contribution in [0.3, 0.4) is 0 Å². The van der Waals surface area contributed by atoms with E-state index in [-0.39, 0.29) is 17.9 Å². The summed E-state index contributed by atoms with van der Waals surface area (Å²) in [7, 11) is 0. The highest BCUT2D eigenvalue weighted by molar-refractivity contribution is 7.98. The fourth-order valence-electron chi connectivity index (χ4n) is 4.18. The van der Waals surface area contributed by atoms with Gasteiger partial charge < -0.3 is 20.3 Å². The van der Waals surface area contributed by atoms with Gasteiger partial charge in [0, 0.05) is 31.4 Å². The summed E-state index contributed by atoms with van der Waals surface area (Å²) in [6, 6.07) is 3.68. The van der Waals surface area contributed by atoms with Crippen LogP contribution in [-0.2, 0) is 16.1 Å². The standard InChI is InChI=1S/C26H36N8O3S/c1-16(2)19-14-29-34-21(19)31-24(38-6)32-23(34)28-13-17-9-10-20(27-12-17)30-22(35)18-8-7-11-33(15-18)25(36)37-26(3,4)5/h9-10,12,14,16,18H,7-8,11,13,15H2,1-6H3,(H,27,30,35)(H,28,31,32). The average molecular weight is 541 g/mol. The second-order valence-electron chi connectivity index (χ2n) is 10.7. The number of fused-ring (bicyclic) bond motifs is 1. The van der Waals surface area contributed by atoms with E-state index in [0.29, 0.717) is 48.9 Å². The predicted molar refractivity (Wildman–Crippen MR) is 147 cm³/mol. The number of hydrogen-bond donors (Lipinski definition) is 2. The number of carbonyl (C=O) groups is 2. The SMILES string of the molecule is CSc1nc(NCc2ccc(NC(=O)C3CCCN(C(=O)OC(C)(C)C)C3)nc2)n2ncc(C(C)C)c2n1. The van der Waals surface area contributed by atoms with Crippen molar-refractivity contribution in [3.05, 3.63) is 35.7 Å². The molecule has 11 nitrogen and oxygen atoms in total. The van der Waals surface area contributed by atoms with E-state index in [1.165, 1.54) is 11.8 Å². The normalized spacial score (nSPS) is 16.1. The van der Waals surface area contributed by atoms with Crippen LogP contribution in [-0.4, -0.2) is 66.4 Å². The van der Waals surface area contributed by atoms with Gasteiger partial charge in [-0.15, -0.1) is 0 Å². The minimum Gasteiger partial charge on any atom is -0.444 e. The van der Waals surface area contributed by atoms with E-state index in [1.807, 2.05) is 39.3 Å². The predicted octanol–water partition coefficient (Wildman–Crippen LogP) is 4.56. The second-order valence-corrected chi connectivity index (χ2v) is 11.5. The van der Waals surface area contributed by atoms with Crippen molar-refractivity contribution in [1.82, 2.24) is 29.5 Å². The summed E-state index contributed by atoms with van der Waals surface area (Å²) < 4.78 is 7.19. The van der Waals surface area contributed by atoms with Crippen LogP contribution in [0.15, 0.2) is 29.7 Å². The first kappa shape index (κ1) is 27.6. The van der Waals surface area contributed by atoms with Gasteiger partial charge in [0.1, 0.15) is 11.4 Å². The topological polar surface area (TPSA) is 127 Å². The molecule has 0 radical (unpaired) electrons. The molecular formula is C26H36N8O3S. The van der Waals surface area contributed by atoms with Crippen LogP contribution in [0, 0.1) is 5.92 Å². The summed E-state index contributed by atoms with van der Waals surface area (Å²) in [6.07, 6.45) is 6.57. The number of likely N-dealkylation sites (tertiary alicyclic amines) is 1. The molecule has 1 aliphatic rings. The number of hydrogen-bond acceptors (Lipinski definition) is 9. The third-order valence-corrected chi connectivity index (χ3v) is 6.70. The number of aromatic nitrogens is 5. The Hall–Kier alpha value is -3.41. The second kappa shape index (κ2) is 11.5. The number of thioether (sulfide) groups is 1. The Morgan fingerprint density at radius 3 is 2.66 bits per heavy atom. The van der Waals surface area contributed by atoms with Crippen molar-refractivity contribution in [1.29, 1.82) is 0 Å². The fourth-order valence-corrected chi connectivity index (χ4v) is 4.54. The molecule has 3 aromatic rings. The monoisotopic (exact) mass is 540 g/mol. The van der Waals surface area contributed by atoms with Crippen LogP contribution in [0.2, 0.25) is 0 Å². The third-order valence-electron chi connectivity index (χ3n) is 6.15. The van der Waals surface area contributed by atoms with Gasteiger partial charge in [-0.3, -0.25) is 4.79 Å². The molecule has 0 spiro atoms. The van der Waals surface area contributed by atoms with Crippen molar-refractivity contribution < 1.29 is 14.3 Å². The summed E-state index contributed by atoms with van der Waals surface area (Å²) in [5, 5.41) is 11.4. The van der Waals surface area contributed by atoms with Crippen LogP contribution in [0.25, 0.3) is 5.65 Å². The minimum atomic E-state index is -0.570. The van der Waals surface area contributed by atoms with Crippen molar-refractivity contribution >= 4 is 41.2 Å². The Kier molecular flexibility index (Phi) is 8.39. The van der Waals surface area contributed by atoms with Crippen LogP contribution in [0.5, 0.6) is 0 Å². The number of anilines is 2. The Balaban J connectivity index is 1.36. The van der Waals surface area contributed by atoms with Crippen LogP contribution >= 0.6 is 11.8 Å². The molecule has 1 atom stereocenters. The van der Waals surface area contributed by atoms with E-state index in [9.17, 15) is 9.59 Å². The fraction of sp³-hybridized carbons (Fsp3) is 0.538. The average Bonchev–Trinajstić information content (AvgIpc) is 3.31. The molecule has 3 aromatic heterocycles. The van der Waals surface area contributed by atoms with Crippen molar-refractivity contribution in [3.8, 4) is 0 Å². The maximum absolute atomic E-state index is 12.9. The zero-order chi connectivity index (χ0) is 27.4. The molecule has 1 aliphatic heterocycles.